The van der Waals surface area contributed by atoms with Crippen LogP contribution in [0.1, 0.15) is 15.9 Å². The number of amides is 2. The molecule has 0 bridgehead atoms. The number of aromatic nitrogens is 2. The van der Waals surface area contributed by atoms with Gasteiger partial charge in [-0.2, -0.15) is 0 Å². The second-order valence-corrected chi connectivity index (χ2v) is 8.63. The number of nitrogens with two attached hydrogens (primary N) is 1. The molecule has 0 aliphatic carbocycles. The van der Waals surface area contributed by atoms with E-state index < -0.39 is 23.6 Å². The zero-order valence-electron chi connectivity index (χ0n) is 17.8. The Labute approximate surface area is 204 Å². The average Bonchev–Trinajstić information content (AvgIpc) is 3.34. The lowest BCUT2D eigenvalue weighted by Crippen LogP contribution is -2.47. The molecule has 2 aromatic heterocycles. The minimum Gasteiger partial charge on any atom is -0.363 e. The lowest BCUT2D eigenvalue weighted by molar-refractivity contribution is -0.137. The van der Waals surface area contributed by atoms with Gasteiger partial charge in [-0.3, -0.25) is 19.4 Å². The molecule has 4 rings (SSSR count). The number of nitrogens with one attached hydrogen (secondary N) is 1. The highest BCUT2D eigenvalue weighted by atomic mass is 35.5. The van der Waals surface area contributed by atoms with Crippen LogP contribution in [0.5, 0.6) is 0 Å². The van der Waals surface area contributed by atoms with Crippen LogP contribution in [0.25, 0.3) is 22.0 Å². The molecule has 0 saturated heterocycles. The van der Waals surface area contributed by atoms with Gasteiger partial charge in [-0.15, -0.1) is 11.3 Å². The maximum Gasteiger partial charge on any atom is 0.287 e. The highest BCUT2D eigenvalue weighted by molar-refractivity contribution is 7.13. The smallest absolute Gasteiger partial charge is 0.287 e. The van der Waals surface area contributed by atoms with E-state index in [9.17, 15) is 14.4 Å². The molecule has 0 aliphatic heterocycles. The van der Waals surface area contributed by atoms with E-state index in [-0.39, 0.29) is 12.0 Å². The molecule has 170 valence electrons. The predicted octanol–water partition coefficient (Wildman–Crippen LogP) is 3.92. The number of halogens is 1. The molecule has 1 atom stereocenters. The number of thiazole rings is 1. The molecule has 2 amide bonds. The van der Waals surface area contributed by atoms with Gasteiger partial charge < -0.3 is 11.1 Å². The molecule has 2 aromatic carbocycles. The van der Waals surface area contributed by atoms with Crippen LogP contribution < -0.4 is 11.1 Å². The topological polar surface area (TPSA) is 115 Å². The third kappa shape index (κ3) is 5.19. The number of pyridine rings is 1. The summed E-state index contributed by atoms with van der Waals surface area (Å²) in [5, 5.41) is 5.56. The number of benzene rings is 2. The first-order chi connectivity index (χ1) is 16.4. The summed E-state index contributed by atoms with van der Waals surface area (Å²) in [5.41, 5.74) is 8.00. The van der Waals surface area contributed by atoms with E-state index in [1.807, 2.05) is 29.6 Å². The van der Waals surface area contributed by atoms with Crippen molar-refractivity contribution in [3.8, 4) is 22.0 Å². The molecule has 9 heteroatoms. The standard InChI is InChI=1S/C25H19ClN4O3S/c26-18-11-5-4-9-16(18)20-14-34-25(30-20)21-17(10-6-12-28-21)24(33)29-19(22(31)23(27)32)13-15-7-2-1-3-8-15/h1-12,14,19H,13H2,(H2,27,32)(H,29,33). The van der Waals surface area contributed by atoms with Crippen molar-refractivity contribution in [2.45, 2.75) is 12.5 Å². The fourth-order valence-corrected chi connectivity index (χ4v) is 4.46. The van der Waals surface area contributed by atoms with E-state index in [1.165, 1.54) is 11.3 Å². The highest BCUT2D eigenvalue weighted by Crippen LogP contribution is 2.32. The van der Waals surface area contributed by atoms with Gasteiger partial charge in [0.1, 0.15) is 16.7 Å². The van der Waals surface area contributed by atoms with Gasteiger partial charge in [-0.1, -0.05) is 60.1 Å². The molecule has 4 aromatic rings. The zero-order chi connectivity index (χ0) is 24.1. The molecule has 2 heterocycles. The van der Waals surface area contributed by atoms with E-state index in [0.29, 0.717) is 21.4 Å². The minimum atomic E-state index is -1.12. The minimum absolute atomic E-state index is 0.123. The van der Waals surface area contributed by atoms with E-state index in [4.69, 9.17) is 17.3 Å². The van der Waals surface area contributed by atoms with Crippen LogP contribution in [0.15, 0.2) is 78.3 Å². The Morgan fingerprint density at radius 1 is 1.00 bits per heavy atom. The van der Waals surface area contributed by atoms with Crippen LogP contribution in [-0.4, -0.2) is 33.6 Å². The quantitative estimate of drug-likeness (QED) is 0.363. The molecule has 0 fully saturated rings. The number of Topliss-reactive ketones (excluding diaryl/α,β-unsaturated/α-hetero) is 1. The summed E-state index contributed by atoms with van der Waals surface area (Å²) in [6.07, 6.45) is 1.68. The lowest BCUT2D eigenvalue weighted by Gasteiger charge is -2.17. The highest BCUT2D eigenvalue weighted by Gasteiger charge is 2.27. The van der Waals surface area contributed by atoms with Crippen molar-refractivity contribution < 1.29 is 14.4 Å². The fourth-order valence-electron chi connectivity index (χ4n) is 3.40. The van der Waals surface area contributed by atoms with Crippen molar-refractivity contribution >= 4 is 40.5 Å². The van der Waals surface area contributed by atoms with Gasteiger partial charge in [0.25, 0.3) is 11.8 Å². The summed E-state index contributed by atoms with van der Waals surface area (Å²) in [5.74, 6) is -2.55. The van der Waals surface area contributed by atoms with Crippen LogP contribution in [0, 0.1) is 0 Å². The molecule has 0 aliphatic rings. The normalized spacial score (nSPS) is 11.6. The van der Waals surface area contributed by atoms with Gasteiger partial charge in [0.15, 0.2) is 0 Å². The Morgan fingerprint density at radius 3 is 2.47 bits per heavy atom. The van der Waals surface area contributed by atoms with Crippen LogP contribution in [-0.2, 0) is 16.0 Å². The molecule has 0 saturated carbocycles. The summed E-state index contributed by atoms with van der Waals surface area (Å²) in [6.45, 7) is 0. The van der Waals surface area contributed by atoms with Gasteiger partial charge in [-0.25, -0.2) is 4.98 Å². The Kier molecular flexibility index (Phi) is 7.10. The summed E-state index contributed by atoms with van der Waals surface area (Å²) in [6, 6.07) is 18.5. The molecule has 3 N–H and O–H groups in total. The average molecular weight is 491 g/mol. The first-order valence-corrected chi connectivity index (χ1v) is 11.5. The number of nitrogens with zero attached hydrogens (tertiary/aromatic N) is 2. The van der Waals surface area contributed by atoms with Crippen molar-refractivity contribution in [3.63, 3.8) is 0 Å². The summed E-state index contributed by atoms with van der Waals surface area (Å²) in [4.78, 5) is 46.2. The summed E-state index contributed by atoms with van der Waals surface area (Å²) < 4.78 is 0. The Balaban J connectivity index is 1.63. The van der Waals surface area contributed by atoms with E-state index in [0.717, 1.165) is 11.1 Å². The fraction of sp³-hybridized carbons (Fsp3) is 0.0800. The number of carbonyl (C=O) groups excluding carboxylic acids is 3. The SMILES string of the molecule is NC(=O)C(=O)C(Cc1ccccc1)NC(=O)c1cccnc1-c1nc(-c2ccccc2Cl)cs1. The van der Waals surface area contributed by atoms with Gasteiger partial charge in [0, 0.05) is 28.6 Å². The zero-order valence-corrected chi connectivity index (χ0v) is 19.3. The number of primary amides is 1. The van der Waals surface area contributed by atoms with E-state index in [2.05, 4.69) is 15.3 Å². The monoisotopic (exact) mass is 490 g/mol. The Morgan fingerprint density at radius 2 is 1.74 bits per heavy atom. The second-order valence-electron chi connectivity index (χ2n) is 7.36. The Hall–Kier alpha value is -3.88. The van der Waals surface area contributed by atoms with Crippen molar-refractivity contribution in [2.24, 2.45) is 5.73 Å². The lowest BCUT2D eigenvalue weighted by atomic mass is 10.0. The molecule has 1 unspecified atom stereocenters. The van der Waals surface area contributed by atoms with Crippen molar-refractivity contribution in [1.29, 1.82) is 0 Å². The van der Waals surface area contributed by atoms with Crippen molar-refractivity contribution in [3.05, 3.63) is 94.5 Å². The maximum atomic E-state index is 13.2. The van der Waals surface area contributed by atoms with Gasteiger partial charge in [0.05, 0.1) is 11.3 Å². The first-order valence-electron chi connectivity index (χ1n) is 10.3. The number of rotatable bonds is 8. The van der Waals surface area contributed by atoms with Crippen LogP contribution in [0.4, 0.5) is 0 Å². The Bertz CT molecular complexity index is 1360. The third-order valence-electron chi connectivity index (χ3n) is 5.06. The van der Waals surface area contributed by atoms with Gasteiger partial charge in [-0.05, 0) is 23.8 Å². The molecular formula is C25H19ClN4O3S. The predicted molar refractivity (Wildman–Crippen MR) is 131 cm³/mol. The second kappa shape index (κ2) is 10.4. The molecule has 7 nitrogen and oxygen atoms in total. The van der Waals surface area contributed by atoms with E-state index in [1.54, 1.807) is 48.7 Å². The number of carbonyl (C=O) groups is 3. The van der Waals surface area contributed by atoms with Crippen LogP contribution in [0.3, 0.4) is 0 Å². The van der Waals surface area contributed by atoms with E-state index >= 15 is 0 Å². The third-order valence-corrected chi connectivity index (χ3v) is 6.23. The number of hydrogen-bond acceptors (Lipinski definition) is 6. The largest absolute Gasteiger partial charge is 0.363 e. The molecule has 0 radical (unpaired) electrons. The molecular weight excluding hydrogens is 472 g/mol. The van der Waals surface area contributed by atoms with Crippen molar-refractivity contribution in [2.75, 3.05) is 0 Å². The molecule has 34 heavy (non-hydrogen) atoms. The number of ketones is 1. The summed E-state index contributed by atoms with van der Waals surface area (Å²) in [7, 11) is 0. The van der Waals surface area contributed by atoms with Crippen LogP contribution in [0.2, 0.25) is 5.02 Å². The molecule has 0 spiro atoms. The van der Waals surface area contributed by atoms with Crippen LogP contribution >= 0.6 is 22.9 Å². The van der Waals surface area contributed by atoms with Gasteiger partial charge in [0.2, 0.25) is 5.78 Å². The number of hydrogen-bond donors (Lipinski definition) is 2. The maximum absolute atomic E-state index is 13.2. The van der Waals surface area contributed by atoms with Crippen molar-refractivity contribution in [1.82, 2.24) is 15.3 Å². The van der Waals surface area contributed by atoms with Gasteiger partial charge >= 0.3 is 0 Å². The first kappa shape index (κ1) is 23.3. The summed E-state index contributed by atoms with van der Waals surface area (Å²) >= 11 is 7.61.